The number of aliphatic hydroxyl groups is 2. The zero-order chi connectivity index (χ0) is 21.7. The Hall–Kier alpha value is -2.62. The Morgan fingerprint density at radius 1 is 0.600 bits per heavy atom. The van der Waals surface area contributed by atoms with Crippen LogP contribution < -0.4 is 4.90 Å². The van der Waals surface area contributed by atoms with E-state index < -0.39 is 0 Å². The van der Waals surface area contributed by atoms with E-state index in [0.29, 0.717) is 12.8 Å². The smallest absolute Gasteiger partial charge is 0.0464 e. The Morgan fingerprint density at radius 3 is 1.43 bits per heavy atom. The molecule has 3 heteroatoms. The van der Waals surface area contributed by atoms with E-state index in [0.717, 1.165) is 22.6 Å². The second-order valence-corrected chi connectivity index (χ2v) is 8.19. The van der Waals surface area contributed by atoms with Crippen molar-refractivity contribution in [1.29, 1.82) is 0 Å². The van der Waals surface area contributed by atoms with Gasteiger partial charge in [-0.25, -0.2) is 0 Å². The summed E-state index contributed by atoms with van der Waals surface area (Å²) in [7, 11) is 0. The highest BCUT2D eigenvalue weighted by molar-refractivity contribution is 5.77. The summed E-state index contributed by atoms with van der Waals surface area (Å²) in [5.74, 6) is 0.172. The van der Waals surface area contributed by atoms with Gasteiger partial charge >= 0.3 is 0 Å². The fourth-order valence-corrected chi connectivity index (χ4v) is 3.86. The molecule has 0 unspecified atom stereocenters. The van der Waals surface area contributed by atoms with Crippen LogP contribution in [0.1, 0.15) is 46.6 Å². The van der Waals surface area contributed by atoms with Gasteiger partial charge in [-0.15, -0.1) is 0 Å². The molecular formula is C27H33NO2. The lowest BCUT2D eigenvalue weighted by Gasteiger charge is -2.27. The van der Waals surface area contributed by atoms with Crippen molar-refractivity contribution < 1.29 is 10.2 Å². The molecule has 3 aromatic carbocycles. The van der Waals surface area contributed by atoms with Crippen LogP contribution in [0.25, 0.3) is 0 Å². The molecular weight excluding hydrogens is 370 g/mol. The van der Waals surface area contributed by atoms with Crippen LogP contribution in [0, 0.1) is 27.7 Å². The molecule has 158 valence electrons. The van der Waals surface area contributed by atoms with E-state index in [2.05, 4.69) is 93.3 Å². The first-order chi connectivity index (χ1) is 14.4. The van der Waals surface area contributed by atoms with Crippen LogP contribution in [0.2, 0.25) is 0 Å². The van der Waals surface area contributed by atoms with Gasteiger partial charge in [0.2, 0.25) is 0 Å². The minimum atomic E-state index is 0.129. The molecule has 0 bridgehead atoms. The molecule has 0 spiro atoms. The van der Waals surface area contributed by atoms with Gasteiger partial charge in [-0.3, -0.25) is 0 Å². The average Bonchev–Trinajstić information content (AvgIpc) is 2.74. The number of aryl methyl sites for hydroxylation is 4. The molecule has 0 amide bonds. The Balaban J connectivity index is 2.05. The SMILES string of the molecule is Cc1ccc(N(c2ccc(C(CCO)CCO)cc2)c2ccc(C)c(C)c2)cc1C. The van der Waals surface area contributed by atoms with Crippen molar-refractivity contribution in [3.8, 4) is 0 Å². The van der Waals surface area contributed by atoms with Gasteiger partial charge in [0.15, 0.2) is 0 Å². The van der Waals surface area contributed by atoms with Crippen molar-refractivity contribution in [2.45, 2.75) is 46.5 Å². The lowest BCUT2D eigenvalue weighted by atomic mass is 9.93. The topological polar surface area (TPSA) is 43.7 Å². The number of hydrogen-bond donors (Lipinski definition) is 2. The number of hydrogen-bond acceptors (Lipinski definition) is 3. The third-order valence-electron chi connectivity index (χ3n) is 6.08. The number of anilines is 3. The van der Waals surface area contributed by atoms with E-state index in [9.17, 15) is 10.2 Å². The fourth-order valence-electron chi connectivity index (χ4n) is 3.86. The van der Waals surface area contributed by atoms with Crippen LogP contribution in [-0.4, -0.2) is 23.4 Å². The molecule has 0 fully saturated rings. The summed E-state index contributed by atoms with van der Waals surface area (Å²) in [5, 5.41) is 18.7. The summed E-state index contributed by atoms with van der Waals surface area (Å²) >= 11 is 0. The first kappa shape index (κ1) is 22.1. The Labute approximate surface area is 180 Å². The minimum absolute atomic E-state index is 0.129. The zero-order valence-corrected chi connectivity index (χ0v) is 18.5. The van der Waals surface area contributed by atoms with Gasteiger partial charge in [0, 0.05) is 30.3 Å². The van der Waals surface area contributed by atoms with Crippen molar-refractivity contribution in [2.24, 2.45) is 0 Å². The highest BCUT2D eigenvalue weighted by Gasteiger charge is 2.16. The van der Waals surface area contributed by atoms with E-state index in [1.807, 2.05) is 0 Å². The maximum Gasteiger partial charge on any atom is 0.0464 e. The summed E-state index contributed by atoms with van der Waals surface area (Å²) < 4.78 is 0. The molecule has 0 saturated heterocycles. The van der Waals surface area contributed by atoms with Crippen LogP contribution in [0.3, 0.4) is 0 Å². The molecule has 0 aliphatic rings. The van der Waals surface area contributed by atoms with Gasteiger partial charge in [0.25, 0.3) is 0 Å². The Kier molecular flexibility index (Phi) is 7.30. The summed E-state index contributed by atoms with van der Waals surface area (Å²) in [5.41, 5.74) is 9.62. The molecule has 0 radical (unpaired) electrons. The van der Waals surface area contributed by atoms with Gasteiger partial charge in [-0.2, -0.15) is 0 Å². The maximum atomic E-state index is 9.37. The first-order valence-electron chi connectivity index (χ1n) is 10.7. The quantitative estimate of drug-likeness (QED) is 0.468. The number of nitrogens with zero attached hydrogens (tertiary/aromatic N) is 1. The number of benzene rings is 3. The highest BCUT2D eigenvalue weighted by atomic mass is 16.3. The predicted octanol–water partition coefficient (Wildman–Crippen LogP) is 6.24. The van der Waals surface area contributed by atoms with Gasteiger partial charge in [0.05, 0.1) is 0 Å². The maximum absolute atomic E-state index is 9.37. The van der Waals surface area contributed by atoms with E-state index in [4.69, 9.17) is 0 Å². The second kappa shape index (κ2) is 9.92. The van der Waals surface area contributed by atoms with Crippen LogP contribution in [0.4, 0.5) is 17.1 Å². The average molecular weight is 404 g/mol. The van der Waals surface area contributed by atoms with E-state index in [-0.39, 0.29) is 19.1 Å². The van der Waals surface area contributed by atoms with Crippen molar-refractivity contribution in [2.75, 3.05) is 18.1 Å². The molecule has 0 saturated carbocycles. The van der Waals surface area contributed by atoms with Crippen molar-refractivity contribution in [1.82, 2.24) is 0 Å². The lowest BCUT2D eigenvalue weighted by molar-refractivity contribution is 0.242. The standard InChI is InChI=1S/C27H33NO2/c1-19-5-9-26(17-21(19)3)28(27-10-6-20(2)22(4)18-27)25-11-7-23(8-12-25)24(13-15-29)14-16-30/h5-12,17-18,24,29-30H,13-16H2,1-4H3. The van der Waals surface area contributed by atoms with E-state index in [1.54, 1.807) is 0 Å². The normalized spacial score (nSPS) is 11.2. The third kappa shape index (κ3) is 4.92. The van der Waals surface area contributed by atoms with Crippen molar-refractivity contribution >= 4 is 17.1 Å². The van der Waals surface area contributed by atoms with Crippen molar-refractivity contribution in [3.05, 3.63) is 88.5 Å². The van der Waals surface area contributed by atoms with Gasteiger partial charge in [0.1, 0.15) is 0 Å². The fraction of sp³-hybridized carbons (Fsp3) is 0.333. The highest BCUT2D eigenvalue weighted by Crippen LogP contribution is 2.37. The van der Waals surface area contributed by atoms with E-state index >= 15 is 0 Å². The lowest BCUT2D eigenvalue weighted by Crippen LogP contribution is -2.11. The van der Waals surface area contributed by atoms with Crippen molar-refractivity contribution in [3.63, 3.8) is 0 Å². The van der Waals surface area contributed by atoms with Gasteiger partial charge < -0.3 is 15.1 Å². The molecule has 0 atom stereocenters. The Morgan fingerprint density at radius 2 is 1.03 bits per heavy atom. The second-order valence-electron chi connectivity index (χ2n) is 8.19. The molecule has 30 heavy (non-hydrogen) atoms. The monoisotopic (exact) mass is 403 g/mol. The van der Waals surface area contributed by atoms with Crippen LogP contribution in [-0.2, 0) is 0 Å². The van der Waals surface area contributed by atoms with E-state index in [1.165, 1.54) is 22.3 Å². The third-order valence-corrected chi connectivity index (χ3v) is 6.08. The predicted molar refractivity (Wildman–Crippen MR) is 126 cm³/mol. The molecule has 0 aliphatic carbocycles. The van der Waals surface area contributed by atoms with Crippen LogP contribution in [0.5, 0.6) is 0 Å². The van der Waals surface area contributed by atoms with Gasteiger partial charge in [-0.05, 0) is 111 Å². The van der Waals surface area contributed by atoms with Crippen LogP contribution >= 0.6 is 0 Å². The largest absolute Gasteiger partial charge is 0.396 e. The molecule has 0 heterocycles. The molecule has 2 N–H and O–H groups in total. The summed E-state index contributed by atoms with van der Waals surface area (Å²) in [6, 6.07) is 21.7. The van der Waals surface area contributed by atoms with Gasteiger partial charge in [-0.1, -0.05) is 24.3 Å². The molecule has 3 aromatic rings. The Bertz CT molecular complexity index is 921. The molecule has 3 nitrogen and oxygen atoms in total. The molecule has 3 rings (SSSR count). The summed E-state index contributed by atoms with van der Waals surface area (Å²) in [6.07, 6.45) is 1.33. The van der Waals surface area contributed by atoms with Crippen LogP contribution in [0.15, 0.2) is 60.7 Å². The zero-order valence-electron chi connectivity index (χ0n) is 18.5. The minimum Gasteiger partial charge on any atom is -0.396 e. The number of aliphatic hydroxyl groups excluding tert-OH is 2. The number of rotatable bonds is 8. The summed E-state index contributed by atoms with van der Waals surface area (Å²) in [6.45, 7) is 8.82. The molecule has 0 aromatic heterocycles. The summed E-state index contributed by atoms with van der Waals surface area (Å²) in [4.78, 5) is 2.29. The first-order valence-corrected chi connectivity index (χ1v) is 10.7. The molecule has 0 aliphatic heterocycles.